The summed E-state index contributed by atoms with van der Waals surface area (Å²) in [6, 6.07) is 3.28. The minimum atomic E-state index is -4.47. The quantitative estimate of drug-likeness (QED) is 0.293. The van der Waals surface area contributed by atoms with Crippen molar-refractivity contribution in [3.05, 3.63) is 29.8 Å². The van der Waals surface area contributed by atoms with Crippen molar-refractivity contribution in [3.8, 4) is 5.75 Å². The summed E-state index contributed by atoms with van der Waals surface area (Å²) in [6.45, 7) is 8.61. The first-order chi connectivity index (χ1) is 17.7. The van der Waals surface area contributed by atoms with Gasteiger partial charge in [-0.25, -0.2) is 5.01 Å². The van der Waals surface area contributed by atoms with E-state index in [1.165, 1.54) is 17.1 Å². The van der Waals surface area contributed by atoms with Gasteiger partial charge < -0.3 is 20.7 Å². The van der Waals surface area contributed by atoms with E-state index in [2.05, 4.69) is 5.32 Å². The SMILES string of the molecule is CCC(CNC(=O)[C@@H]1CCCN1C(=O)[C@@H](N(N)CC(N)C1CC1)C(C)(C)C)Oc1cccc(C(F)(F)F)c1. The van der Waals surface area contributed by atoms with Gasteiger partial charge in [-0.15, -0.1) is 0 Å². The Hall–Kier alpha value is -2.37. The Morgan fingerprint density at radius 2 is 1.89 bits per heavy atom. The fourth-order valence-electron chi connectivity index (χ4n) is 5.03. The number of benzene rings is 1. The normalized spacial score (nSPS) is 20.8. The number of nitrogens with zero attached hydrogens (tertiary/aromatic N) is 2. The summed E-state index contributed by atoms with van der Waals surface area (Å²) in [5.74, 6) is 6.41. The van der Waals surface area contributed by atoms with Crippen LogP contribution in [0.3, 0.4) is 0 Å². The molecule has 2 amide bonds. The van der Waals surface area contributed by atoms with E-state index in [0.29, 0.717) is 38.3 Å². The number of nitrogens with two attached hydrogens (primary N) is 2. The van der Waals surface area contributed by atoms with Crippen LogP contribution >= 0.6 is 0 Å². The van der Waals surface area contributed by atoms with E-state index in [-0.39, 0.29) is 30.2 Å². The van der Waals surface area contributed by atoms with E-state index in [1.54, 1.807) is 4.90 Å². The number of ether oxygens (including phenoxy) is 1. The number of rotatable bonds is 11. The van der Waals surface area contributed by atoms with Crippen molar-refractivity contribution in [3.63, 3.8) is 0 Å². The Kier molecular flexibility index (Phi) is 9.70. The Bertz CT molecular complexity index is 964. The molecular weight excluding hydrogens is 499 g/mol. The van der Waals surface area contributed by atoms with Gasteiger partial charge in [0.2, 0.25) is 11.8 Å². The molecule has 38 heavy (non-hydrogen) atoms. The number of amides is 2. The van der Waals surface area contributed by atoms with Crippen molar-refractivity contribution in [1.82, 2.24) is 15.2 Å². The van der Waals surface area contributed by atoms with Crippen LogP contribution in [0, 0.1) is 11.3 Å². The molecule has 0 aromatic heterocycles. The highest BCUT2D eigenvalue weighted by molar-refractivity contribution is 5.90. The van der Waals surface area contributed by atoms with Crippen LogP contribution in [0.15, 0.2) is 24.3 Å². The monoisotopic (exact) mass is 541 g/mol. The molecule has 11 heteroatoms. The standard InChI is InChI=1S/C27H42F3N5O3/c1-5-19(38-20-9-6-8-18(14-20)27(28,29)30)15-33-24(36)22-10-7-13-34(22)25(37)23(26(2,3)4)35(32)16-21(31)17-11-12-17/h6,8-9,14,17,19,21-23H,5,7,10-13,15-16,31-32H2,1-4H3,(H,33,36)/t19?,21?,22-,23+/m0/s1. The molecule has 2 unspecified atom stereocenters. The van der Waals surface area contributed by atoms with Crippen molar-refractivity contribution in [2.75, 3.05) is 19.6 Å². The van der Waals surface area contributed by atoms with Crippen LogP contribution in [0.5, 0.6) is 5.75 Å². The summed E-state index contributed by atoms with van der Waals surface area (Å²) in [4.78, 5) is 28.5. The smallest absolute Gasteiger partial charge is 0.416 e. The first kappa shape index (κ1) is 30.2. The topological polar surface area (TPSA) is 114 Å². The zero-order valence-corrected chi connectivity index (χ0v) is 22.8. The molecule has 1 saturated heterocycles. The molecule has 0 radical (unpaired) electrons. The lowest BCUT2D eigenvalue weighted by Crippen LogP contribution is -2.61. The number of hydrazine groups is 1. The second-order valence-electron chi connectivity index (χ2n) is 11.6. The van der Waals surface area contributed by atoms with Gasteiger partial charge in [0.25, 0.3) is 0 Å². The molecule has 2 aliphatic rings. The van der Waals surface area contributed by atoms with Crippen LogP contribution in [0.1, 0.15) is 65.4 Å². The number of halogens is 3. The number of nitrogens with one attached hydrogen (secondary N) is 1. The number of likely N-dealkylation sites (tertiary alicyclic amines) is 1. The highest BCUT2D eigenvalue weighted by Gasteiger charge is 2.44. The van der Waals surface area contributed by atoms with Crippen molar-refractivity contribution < 1.29 is 27.5 Å². The van der Waals surface area contributed by atoms with E-state index in [1.807, 2.05) is 27.7 Å². The number of carbonyl (C=O) groups excluding carboxylic acids is 2. The minimum Gasteiger partial charge on any atom is -0.489 e. The molecule has 1 saturated carbocycles. The third-order valence-corrected chi connectivity index (χ3v) is 7.30. The zero-order valence-electron chi connectivity index (χ0n) is 22.8. The molecule has 3 rings (SSSR count). The highest BCUT2D eigenvalue weighted by atomic mass is 19.4. The molecule has 1 heterocycles. The maximum atomic E-state index is 13.7. The largest absolute Gasteiger partial charge is 0.489 e. The van der Waals surface area contributed by atoms with Crippen LogP contribution in [-0.2, 0) is 15.8 Å². The second kappa shape index (κ2) is 12.2. The summed E-state index contributed by atoms with van der Waals surface area (Å²) < 4.78 is 44.8. The molecule has 8 nitrogen and oxygen atoms in total. The number of carbonyl (C=O) groups is 2. The van der Waals surface area contributed by atoms with Gasteiger partial charge in [0, 0.05) is 19.1 Å². The predicted molar refractivity (Wildman–Crippen MR) is 139 cm³/mol. The first-order valence-electron chi connectivity index (χ1n) is 13.4. The fraction of sp³-hybridized carbons (Fsp3) is 0.704. The molecule has 5 N–H and O–H groups in total. The Morgan fingerprint density at radius 3 is 2.47 bits per heavy atom. The van der Waals surface area contributed by atoms with E-state index < -0.39 is 35.3 Å². The maximum Gasteiger partial charge on any atom is 0.416 e. The van der Waals surface area contributed by atoms with E-state index >= 15 is 0 Å². The summed E-state index contributed by atoms with van der Waals surface area (Å²) in [5, 5.41) is 4.38. The molecule has 0 bridgehead atoms. The van der Waals surface area contributed by atoms with Gasteiger partial charge in [-0.05, 0) is 61.6 Å². The van der Waals surface area contributed by atoms with Gasteiger partial charge >= 0.3 is 6.18 Å². The average Bonchev–Trinajstić information content (AvgIpc) is 3.56. The predicted octanol–water partition coefficient (Wildman–Crippen LogP) is 3.30. The highest BCUT2D eigenvalue weighted by Crippen LogP contribution is 2.34. The van der Waals surface area contributed by atoms with Crippen LogP contribution in [-0.4, -0.2) is 65.6 Å². The van der Waals surface area contributed by atoms with E-state index in [9.17, 15) is 22.8 Å². The van der Waals surface area contributed by atoms with Crippen LogP contribution in [0.4, 0.5) is 13.2 Å². The van der Waals surface area contributed by atoms with Crippen molar-refractivity contribution in [2.24, 2.45) is 22.9 Å². The lowest BCUT2D eigenvalue weighted by atomic mass is 9.85. The van der Waals surface area contributed by atoms with Crippen LogP contribution in [0.2, 0.25) is 0 Å². The van der Waals surface area contributed by atoms with E-state index in [0.717, 1.165) is 25.0 Å². The van der Waals surface area contributed by atoms with Gasteiger partial charge in [0.05, 0.1) is 12.1 Å². The molecule has 1 aromatic rings. The third-order valence-electron chi connectivity index (χ3n) is 7.30. The van der Waals surface area contributed by atoms with Gasteiger partial charge in [-0.3, -0.25) is 15.4 Å². The van der Waals surface area contributed by atoms with Crippen molar-refractivity contribution in [1.29, 1.82) is 0 Å². The molecule has 1 aliphatic carbocycles. The maximum absolute atomic E-state index is 13.7. The summed E-state index contributed by atoms with van der Waals surface area (Å²) in [5.41, 5.74) is 5.00. The average molecular weight is 542 g/mol. The van der Waals surface area contributed by atoms with E-state index in [4.69, 9.17) is 16.3 Å². The van der Waals surface area contributed by atoms with Gasteiger partial charge in [-0.1, -0.05) is 33.8 Å². The molecule has 2 fully saturated rings. The molecular formula is C27H42F3N5O3. The Morgan fingerprint density at radius 1 is 1.21 bits per heavy atom. The van der Waals surface area contributed by atoms with Gasteiger partial charge in [0.1, 0.15) is 23.9 Å². The molecule has 0 spiro atoms. The molecule has 214 valence electrons. The third kappa shape index (κ3) is 7.83. The lowest BCUT2D eigenvalue weighted by Gasteiger charge is -2.40. The van der Waals surface area contributed by atoms with Crippen molar-refractivity contribution in [2.45, 2.75) is 90.2 Å². The lowest BCUT2D eigenvalue weighted by molar-refractivity contribution is -0.146. The zero-order chi connectivity index (χ0) is 28.3. The summed E-state index contributed by atoms with van der Waals surface area (Å²) >= 11 is 0. The number of hydrogen-bond donors (Lipinski definition) is 3. The molecule has 4 atom stereocenters. The van der Waals surface area contributed by atoms with Crippen LogP contribution in [0.25, 0.3) is 0 Å². The van der Waals surface area contributed by atoms with Gasteiger partial charge in [0.15, 0.2) is 0 Å². The second-order valence-corrected chi connectivity index (χ2v) is 11.6. The molecule has 1 aliphatic heterocycles. The number of hydrogen-bond acceptors (Lipinski definition) is 6. The number of alkyl halides is 3. The first-order valence-corrected chi connectivity index (χ1v) is 13.4. The Balaban J connectivity index is 1.63. The minimum absolute atomic E-state index is 0.0825. The summed E-state index contributed by atoms with van der Waals surface area (Å²) in [6.07, 6.45) is -1.17. The fourth-order valence-corrected chi connectivity index (χ4v) is 5.03. The molecule has 1 aromatic carbocycles. The van der Waals surface area contributed by atoms with Crippen molar-refractivity contribution >= 4 is 11.8 Å². The Labute approximate surface area is 223 Å². The summed E-state index contributed by atoms with van der Waals surface area (Å²) in [7, 11) is 0. The van der Waals surface area contributed by atoms with Crippen LogP contribution < -0.4 is 21.6 Å². The van der Waals surface area contributed by atoms with Gasteiger partial charge in [-0.2, -0.15) is 13.2 Å².